The summed E-state index contributed by atoms with van der Waals surface area (Å²) in [5, 5.41) is 2.81. The number of carbonyl (C=O) groups excluding carboxylic acids is 2. The zero-order valence-corrected chi connectivity index (χ0v) is 11.0. The number of ether oxygens (including phenoxy) is 1. The molecule has 1 N–H and O–H groups in total. The van der Waals surface area contributed by atoms with Crippen molar-refractivity contribution in [3.63, 3.8) is 0 Å². The molecule has 1 amide bonds. The van der Waals surface area contributed by atoms with Crippen LogP contribution in [-0.2, 0) is 4.79 Å². The number of hydrogen-bond acceptors (Lipinski definition) is 3. The van der Waals surface area contributed by atoms with Gasteiger partial charge >= 0.3 is 0 Å². The summed E-state index contributed by atoms with van der Waals surface area (Å²) in [7, 11) is 0. The van der Waals surface area contributed by atoms with E-state index in [9.17, 15) is 9.59 Å². The third-order valence-electron chi connectivity index (χ3n) is 2.65. The maximum atomic E-state index is 11.5. The predicted octanol–water partition coefficient (Wildman–Crippen LogP) is 2.18. The summed E-state index contributed by atoms with van der Waals surface area (Å²) in [6, 6.07) is 6.90. The van der Waals surface area contributed by atoms with Crippen molar-refractivity contribution >= 4 is 11.7 Å². The van der Waals surface area contributed by atoms with Gasteiger partial charge in [0.2, 0.25) is 0 Å². The fraction of sp³-hybridized carbons (Fsp3) is 0.429. The molecule has 18 heavy (non-hydrogen) atoms. The number of carbonyl (C=O) groups is 2. The maximum absolute atomic E-state index is 11.5. The average molecular weight is 249 g/mol. The zero-order chi connectivity index (χ0) is 13.5. The van der Waals surface area contributed by atoms with Gasteiger partial charge in [-0.3, -0.25) is 9.59 Å². The van der Waals surface area contributed by atoms with Crippen molar-refractivity contribution in [2.75, 3.05) is 6.61 Å². The molecule has 1 atom stereocenters. The van der Waals surface area contributed by atoms with Gasteiger partial charge in [0.1, 0.15) is 5.75 Å². The first kappa shape index (κ1) is 14.2. The first-order valence-corrected chi connectivity index (χ1v) is 6.06. The van der Waals surface area contributed by atoms with Crippen LogP contribution < -0.4 is 10.1 Å². The van der Waals surface area contributed by atoms with E-state index in [1.807, 2.05) is 13.8 Å². The molecule has 0 aliphatic rings. The molecule has 1 aromatic rings. The molecule has 1 rings (SSSR count). The van der Waals surface area contributed by atoms with Gasteiger partial charge in [0.05, 0.1) is 0 Å². The number of rotatable bonds is 6. The van der Waals surface area contributed by atoms with Crippen LogP contribution in [0.3, 0.4) is 0 Å². The Labute approximate surface area is 107 Å². The van der Waals surface area contributed by atoms with Crippen molar-refractivity contribution in [2.45, 2.75) is 33.2 Å². The molecule has 0 aliphatic carbocycles. The zero-order valence-electron chi connectivity index (χ0n) is 11.0. The number of nitrogens with one attached hydrogen (secondary N) is 1. The largest absolute Gasteiger partial charge is 0.484 e. The molecule has 0 saturated carbocycles. The lowest BCUT2D eigenvalue weighted by molar-refractivity contribution is -0.123. The van der Waals surface area contributed by atoms with Crippen molar-refractivity contribution in [3.8, 4) is 5.75 Å². The van der Waals surface area contributed by atoms with E-state index in [2.05, 4.69) is 5.32 Å². The predicted molar refractivity (Wildman–Crippen MR) is 69.8 cm³/mol. The Morgan fingerprint density at radius 2 is 1.89 bits per heavy atom. The van der Waals surface area contributed by atoms with Gasteiger partial charge in [-0.15, -0.1) is 0 Å². The molecule has 0 radical (unpaired) electrons. The van der Waals surface area contributed by atoms with Gasteiger partial charge in [0.25, 0.3) is 5.91 Å². The highest BCUT2D eigenvalue weighted by molar-refractivity contribution is 5.94. The Balaban J connectivity index is 2.44. The molecule has 4 nitrogen and oxygen atoms in total. The Morgan fingerprint density at radius 3 is 2.39 bits per heavy atom. The lowest BCUT2D eigenvalue weighted by Crippen LogP contribution is -2.35. The second kappa shape index (κ2) is 6.79. The highest BCUT2D eigenvalue weighted by atomic mass is 16.5. The minimum Gasteiger partial charge on any atom is -0.484 e. The summed E-state index contributed by atoms with van der Waals surface area (Å²) in [6.45, 7) is 5.45. The molecule has 0 aromatic heterocycles. The quantitative estimate of drug-likeness (QED) is 0.786. The molecule has 1 unspecified atom stereocenters. The number of hydrogen-bond donors (Lipinski definition) is 1. The van der Waals surface area contributed by atoms with Crippen molar-refractivity contribution < 1.29 is 14.3 Å². The molecule has 98 valence electrons. The molecule has 0 bridgehead atoms. The summed E-state index contributed by atoms with van der Waals surface area (Å²) < 4.78 is 5.32. The van der Waals surface area contributed by atoms with Gasteiger partial charge in [-0.05, 0) is 44.5 Å². The van der Waals surface area contributed by atoms with Crippen LogP contribution in [0.5, 0.6) is 5.75 Å². The fourth-order valence-corrected chi connectivity index (χ4v) is 1.35. The number of benzene rings is 1. The Bertz CT molecular complexity index is 412. The first-order chi connectivity index (χ1) is 8.52. The second-order valence-corrected chi connectivity index (χ2v) is 4.25. The minimum atomic E-state index is -0.139. The summed E-state index contributed by atoms with van der Waals surface area (Å²) in [5.41, 5.74) is 0.631. The van der Waals surface area contributed by atoms with E-state index < -0.39 is 0 Å². The van der Waals surface area contributed by atoms with Crippen LogP contribution >= 0.6 is 0 Å². The van der Waals surface area contributed by atoms with E-state index in [4.69, 9.17) is 4.74 Å². The average Bonchev–Trinajstić information content (AvgIpc) is 2.36. The van der Waals surface area contributed by atoms with E-state index in [0.717, 1.165) is 6.42 Å². The van der Waals surface area contributed by atoms with Gasteiger partial charge in [-0.1, -0.05) is 6.92 Å². The highest BCUT2D eigenvalue weighted by Gasteiger charge is 2.06. The van der Waals surface area contributed by atoms with Gasteiger partial charge < -0.3 is 10.1 Å². The third kappa shape index (κ3) is 4.57. The molecular weight excluding hydrogens is 230 g/mol. The minimum absolute atomic E-state index is 0.0102. The van der Waals surface area contributed by atoms with E-state index in [1.165, 1.54) is 6.92 Å². The molecule has 4 heteroatoms. The molecular formula is C14H19NO3. The molecule has 0 spiro atoms. The van der Waals surface area contributed by atoms with Crippen molar-refractivity contribution in [1.29, 1.82) is 0 Å². The molecule has 0 fully saturated rings. The normalized spacial score (nSPS) is 11.7. The van der Waals surface area contributed by atoms with Gasteiger partial charge in [0.15, 0.2) is 12.4 Å². The Morgan fingerprint density at radius 1 is 1.28 bits per heavy atom. The van der Waals surface area contributed by atoms with Crippen LogP contribution in [0.2, 0.25) is 0 Å². The van der Waals surface area contributed by atoms with E-state index >= 15 is 0 Å². The van der Waals surface area contributed by atoms with Crippen LogP contribution in [0.25, 0.3) is 0 Å². The van der Waals surface area contributed by atoms with Crippen LogP contribution in [0.1, 0.15) is 37.6 Å². The summed E-state index contributed by atoms with van der Waals surface area (Å²) in [6.07, 6.45) is 0.888. The SMILES string of the molecule is CCC(C)NC(=O)COc1ccc(C(C)=O)cc1. The van der Waals surface area contributed by atoms with Crippen molar-refractivity contribution in [1.82, 2.24) is 5.32 Å². The van der Waals surface area contributed by atoms with Gasteiger partial charge in [0, 0.05) is 11.6 Å². The standard InChI is InChI=1S/C14H19NO3/c1-4-10(2)15-14(17)9-18-13-7-5-12(6-8-13)11(3)16/h5-8,10H,4,9H2,1-3H3,(H,15,17). The molecule has 1 aromatic carbocycles. The lowest BCUT2D eigenvalue weighted by atomic mass is 10.1. The monoisotopic (exact) mass is 249 g/mol. The van der Waals surface area contributed by atoms with Gasteiger partial charge in [-0.2, -0.15) is 0 Å². The molecule has 0 heterocycles. The number of amides is 1. The number of Topliss-reactive ketones (excluding diaryl/α,β-unsaturated/α-hetero) is 1. The van der Waals surface area contributed by atoms with E-state index in [1.54, 1.807) is 24.3 Å². The van der Waals surface area contributed by atoms with Gasteiger partial charge in [-0.25, -0.2) is 0 Å². The van der Waals surface area contributed by atoms with Crippen molar-refractivity contribution in [2.24, 2.45) is 0 Å². The Kier molecular flexibility index (Phi) is 5.36. The molecule has 0 aliphatic heterocycles. The second-order valence-electron chi connectivity index (χ2n) is 4.25. The topological polar surface area (TPSA) is 55.4 Å². The summed E-state index contributed by atoms with van der Waals surface area (Å²) in [5.74, 6) is 0.454. The van der Waals surface area contributed by atoms with Crippen LogP contribution in [-0.4, -0.2) is 24.3 Å². The molecule has 0 saturated heterocycles. The smallest absolute Gasteiger partial charge is 0.258 e. The lowest BCUT2D eigenvalue weighted by Gasteiger charge is -2.12. The van der Waals surface area contributed by atoms with E-state index in [0.29, 0.717) is 11.3 Å². The van der Waals surface area contributed by atoms with Crippen LogP contribution in [0, 0.1) is 0 Å². The Hall–Kier alpha value is -1.84. The summed E-state index contributed by atoms with van der Waals surface area (Å²) >= 11 is 0. The highest BCUT2D eigenvalue weighted by Crippen LogP contribution is 2.12. The fourth-order valence-electron chi connectivity index (χ4n) is 1.35. The summed E-state index contributed by atoms with van der Waals surface area (Å²) in [4.78, 5) is 22.5. The first-order valence-electron chi connectivity index (χ1n) is 6.06. The van der Waals surface area contributed by atoms with Crippen molar-refractivity contribution in [3.05, 3.63) is 29.8 Å². The van der Waals surface area contributed by atoms with Crippen LogP contribution in [0.15, 0.2) is 24.3 Å². The number of ketones is 1. The van der Waals surface area contributed by atoms with E-state index in [-0.39, 0.29) is 24.3 Å². The van der Waals surface area contributed by atoms with Crippen LogP contribution in [0.4, 0.5) is 0 Å². The third-order valence-corrected chi connectivity index (χ3v) is 2.65. The maximum Gasteiger partial charge on any atom is 0.258 e.